The van der Waals surface area contributed by atoms with Gasteiger partial charge in [0.05, 0.1) is 0 Å². The van der Waals surface area contributed by atoms with Crippen molar-refractivity contribution in [2.24, 2.45) is 0 Å². The summed E-state index contributed by atoms with van der Waals surface area (Å²) in [5, 5.41) is 0. The Morgan fingerprint density at radius 1 is 0.900 bits per heavy atom. The average molecular weight is 405 g/mol. The molecule has 2 fully saturated rings. The van der Waals surface area contributed by atoms with Crippen molar-refractivity contribution in [2.45, 2.75) is 26.3 Å². The second kappa shape index (κ2) is 8.69. The zero-order valence-electron chi connectivity index (χ0n) is 17.3. The van der Waals surface area contributed by atoms with Crippen LogP contribution >= 0.6 is 0 Å². The van der Waals surface area contributed by atoms with Gasteiger partial charge < -0.3 is 14.7 Å². The summed E-state index contributed by atoms with van der Waals surface area (Å²) in [5.74, 6) is 0.295. The minimum atomic E-state index is 0.0381. The van der Waals surface area contributed by atoms with E-state index in [0.29, 0.717) is 37.2 Å². The molecule has 0 spiro atoms. The highest BCUT2D eigenvalue weighted by molar-refractivity contribution is 5.95. The Kier molecular flexibility index (Phi) is 5.84. The number of amides is 2. The summed E-state index contributed by atoms with van der Waals surface area (Å²) in [4.78, 5) is 42.3. The molecule has 6 nitrogen and oxygen atoms in total. The van der Waals surface area contributed by atoms with E-state index in [4.69, 9.17) is 0 Å². The van der Waals surface area contributed by atoms with Gasteiger partial charge in [-0.1, -0.05) is 12.1 Å². The Balaban J connectivity index is 1.36. The van der Waals surface area contributed by atoms with Gasteiger partial charge >= 0.3 is 0 Å². The standard InChI is InChI=1S/C24H27N3O3/c1-18(28)20-7-9-22(10-8-20)25-12-14-26(15-13-25)24(30)21-5-2-4-19(16-21)17-27-11-3-6-23(27)29/h2,4-5,7-10,16H,3,6,11-15,17H2,1H3. The molecule has 156 valence electrons. The molecule has 2 aromatic carbocycles. The molecule has 0 radical (unpaired) electrons. The molecule has 0 saturated carbocycles. The number of nitrogens with zero attached hydrogens (tertiary/aromatic N) is 3. The number of carbonyl (C=O) groups is 3. The van der Waals surface area contributed by atoms with Crippen LogP contribution in [-0.2, 0) is 11.3 Å². The summed E-state index contributed by atoms with van der Waals surface area (Å²) in [5.41, 5.74) is 3.46. The Hall–Kier alpha value is -3.15. The highest BCUT2D eigenvalue weighted by atomic mass is 16.2. The number of ketones is 1. The fraction of sp³-hybridized carbons (Fsp3) is 0.375. The third-order valence-electron chi connectivity index (χ3n) is 5.92. The van der Waals surface area contributed by atoms with E-state index in [1.807, 2.05) is 58.3 Å². The fourth-order valence-electron chi connectivity index (χ4n) is 4.15. The molecular weight excluding hydrogens is 378 g/mol. The summed E-state index contributed by atoms with van der Waals surface area (Å²) in [6.45, 7) is 5.76. The monoisotopic (exact) mass is 405 g/mol. The van der Waals surface area contributed by atoms with E-state index in [2.05, 4.69) is 4.90 Å². The summed E-state index contributed by atoms with van der Waals surface area (Å²) in [6, 6.07) is 15.3. The van der Waals surface area contributed by atoms with Crippen molar-refractivity contribution in [3.63, 3.8) is 0 Å². The van der Waals surface area contributed by atoms with E-state index in [-0.39, 0.29) is 17.6 Å². The van der Waals surface area contributed by atoms with Gasteiger partial charge in [0.25, 0.3) is 5.91 Å². The van der Waals surface area contributed by atoms with Crippen LogP contribution in [0.15, 0.2) is 48.5 Å². The molecule has 0 aliphatic carbocycles. The lowest BCUT2D eigenvalue weighted by molar-refractivity contribution is -0.128. The molecule has 0 N–H and O–H groups in total. The average Bonchev–Trinajstić information content (AvgIpc) is 3.18. The highest BCUT2D eigenvalue weighted by Crippen LogP contribution is 2.20. The maximum absolute atomic E-state index is 13.0. The second-order valence-electron chi connectivity index (χ2n) is 8.00. The lowest BCUT2D eigenvalue weighted by atomic mass is 10.1. The van der Waals surface area contributed by atoms with Crippen LogP contribution in [0.4, 0.5) is 5.69 Å². The molecule has 2 aliphatic rings. The lowest BCUT2D eigenvalue weighted by Gasteiger charge is -2.36. The largest absolute Gasteiger partial charge is 0.368 e. The Bertz CT molecular complexity index is 946. The first-order valence-corrected chi connectivity index (χ1v) is 10.5. The molecule has 0 bridgehead atoms. The van der Waals surface area contributed by atoms with Crippen LogP contribution in [0.1, 0.15) is 46.0 Å². The van der Waals surface area contributed by atoms with Crippen molar-refractivity contribution < 1.29 is 14.4 Å². The van der Waals surface area contributed by atoms with E-state index in [9.17, 15) is 14.4 Å². The van der Waals surface area contributed by atoms with Crippen LogP contribution in [0, 0.1) is 0 Å². The topological polar surface area (TPSA) is 60.9 Å². The van der Waals surface area contributed by atoms with Crippen LogP contribution in [0.25, 0.3) is 0 Å². The molecule has 0 unspecified atom stereocenters. The van der Waals surface area contributed by atoms with Crippen molar-refractivity contribution in [2.75, 3.05) is 37.6 Å². The van der Waals surface area contributed by atoms with Gasteiger partial charge in [-0.2, -0.15) is 0 Å². The minimum absolute atomic E-state index is 0.0381. The van der Waals surface area contributed by atoms with Crippen LogP contribution in [0.5, 0.6) is 0 Å². The maximum Gasteiger partial charge on any atom is 0.253 e. The molecule has 6 heteroatoms. The number of piperazine rings is 1. The third-order valence-corrected chi connectivity index (χ3v) is 5.92. The van der Waals surface area contributed by atoms with Crippen molar-refractivity contribution in [1.82, 2.24) is 9.80 Å². The first-order chi connectivity index (χ1) is 14.5. The van der Waals surface area contributed by atoms with Gasteiger partial charge in [0.1, 0.15) is 0 Å². The van der Waals surface area contributed by atoms with Crippen LogP contribution in [0.2, 0.25) is 0 Å². The number of Topliss-reactive ketones (excluding diaryl/α,β-unsaturated/α-hetero) is 1. The smallest absolute Gasteiger partial charge is 0.253 e. The molecule has 2 saturated heterocycles. The van der Waals surface area contributed by atoms with E-state index in [1.165, 1.54) is 0 Å². The maximum atomic E-state index is 13.0. The zero-order chi connectivity index (χ0) is 21.1. The number of benzene rings is 2. The Morgan fingerprint density at radius 2 is 1.63 bits per heavy atom. The molecule has 0 atom stereocenters. The van der Waals surface area contributed by atoms with Gasteiger partial charge in [-0.15, -0.1) is 0 Å². The summed E-state index contributed by atoms with van der Waals surface area (Å²) < 4.78 is 0. The quantitative estimate of drug-likeness (QED) is 0.718. The molecule has 0 aromatic heterocycles. The Morgan fingerprint density at radius 3 is 2.27 bits per heavy atom. The molecule has 2 heterocycles. The van der Waals surface area contributed by atoms with E-state index >= 15 is 0 Å². The van der Waals surface area contributed by atoms with E-state index in [1.54, 1.807) is 6.92 Å². The number of likely N-dealkylation sites (tertiary alicyclic amines) is 1. The molecule has 2 aliphatic heterocycles. The third kappa shape index (κ3) is 4.37. The van der Waals surface area contributed by atoms with Crippen molar-refractivity contribution >= 4 is 23.3 Å². The molecular formula is C24H27N3O3. The van der Waals surface area contributed by atoms with Crippen molar-refractivity contribution in [3.05, 3.63) is 65.2 Å². The summed E-state index contributed by atoms with van der Waals surface area (Å²) in [6.07, 6.45) is 1.54. The first-order valence-electron chi connectivity index (χ1n) is 10.5. The predicted octanol–water partition coefficient (Wildman–Crippen LogP) is 2.97. The number of hydrogen-bond acceptors (Lipinski definition) is 4. The number of anilines is 1. The molecule has 30 heavy (non-hydrogen) atoms. The first kappa shape index (κ1) is 20.1. The van der Waals surface area contributed by atoms with Gasteiger partial charge in [-0.25, -0.2) is 0 Å². The summed E-state index contributed by atoms with van der Waals surface area (Å²) in [7, 11) is 0. The van der Waals surface area contributed by atoms with Gasteiger partial charge in [-0.3, -0.25) is 14.4 Å². The SMILES string of the molecule is CC(=O)c1ccc(N2CCN(C(=O)c3cccc(CN4CCCC4=O)c3)CC2)cc1. The van der Waals surface area contributed by atoms with Gasteiger partial charge in [-0.05, 0) is 55.3 Å². The molecule has 4 rings (SSSR count). The molecule has 2 amide bonds. The van der Waals surface area contributed by atoms with E-state index < -0.39 is 0 Å². The molecule has 2 aromatic rings. The number of rotatable bonds is 5. The van der Waals surface area contributed by atoms with Crippen molar-refractivity contribution in [1.29, 1.82) is 0 Å². The predicted molar refractivity (Wildman–Crippen MR) is 116 cm³/mol. The van der Waals surface area contributed by atoms with Crippen molar-refractivity contribution in [3.8, 4) is 0 Å². The van der Waals surface area contributed by atoms with Gasteiger partial charge in [0, 0.05) is 62.5 Å². The normalized spacial score (nSPS) is 16.8. The van der Waals surface area contributed by atoms with Crippen LogP contribution in [0.3, 0.4) is 0 Å². The van der Waals surface area contributed by atoms with Crippen LogP contribution in [-0.4, -0.2) is 60.1 Å². The number of hydrogen-bond donors (Lipinski definition) is 0. The fourth-order valence-corrected chi connectivity index (χ4v) is 4.15. The van der Waals surface area contributed by atoms with Gasteiger partial charge in [0.15, 0.2) is 5.78 Å². The highest BCUT2D eigenvalue weighted by Gasteiger charge is 2.24. The summed E-state index contributed by atoms with van der Waals surface area (Å²) >= 11 is 0. The lowest BCUT2D eigenvalue weighted by Crippen LogP contribution is -2.48. The van der Waals surface area contributed by atoms with E-state index in [0.717, 1.165) is 37.3 Å². The minimum Gasteiger partial charge on any atom is -0.368 e. The zero-order valence-corrected chi connectivity index (χ0v) is 17.3. The van der Waals surface area contributed by atoms with Crippen LogP contribution < -0.4 is 4.90 Å². The second-order valence-corrected chi connectivity index (χ2v) is 8.00. The number of carbonyl (C=O) groups excluding carboxylic acids is 3. The Labute approximate surface area is 177 Å². The van der Waals surface area contributed by atoms with Gasteiger partial charge in [0.2, 0.25) is 5.91 Å².